The van der Waals surface area contributed by atoms with Gasteiger partial charge >= 0.3 is 0 Å². The van der Waals surface area contributed by atoms with Gasteiger partial charge in [-0.3, -0.25) is 4.79 Å². The first-order chi connectivity index (χ1) is 8.47. The van der Waals surface area contributed by atoms with Crippen LogP contribution in [0.2, 0.25) is 0 Å². The van der Waals surface area contributed by atoms with Gasteiger partial charge < -0.3 is 25.0 Å². The van der Waals surface area contributed by atoms with Crippen LogP contribution in [-0.4, -0.2) is 59.5 Å². The van der Waals surface area contributed by atoms with Crippen molar-refractivity contribution < 1.29 is 24.9 Å². The van der Waals surface area contributed by atoms with Crippen LogP contribution in [0.25, 0.3) is 0 Å². The second-order valence-electron chi connectivity index (χ2n) is 3.97. The molecule has 0 bridgehead atoms. The number of carbonyl (C=O) groups excluding carboxylic acids is 1. The van der Waals surface area contributed by atoms with E-state index < -0.39 is 17.8 Å². The third-order valence-electron chi connectivity index (χ3n) is 2.44. The molecule has 1 unspecified atom stereocenters. The average Bonchev–Trinajstić information content (AvgIpc) is 2.32. The maximum absolute atomic E-state index is 12.0. The van der Waals surface area contributed by atoms with Gasteiger partial charge in [-0.05, 0) is 12.1 Å². The lowest BCUT2D eigenvalue weighted by molar-refractivity contribution is 0.0379. The number of likely N-dealkylation sites (N-methyl/N-ethyl adjacent to an activating group) is 1. The molecular formula is C12H17NO5. The summed E-state index contributed by atoms with van der Waals surface area (Å²) < 4.78 is 4.76. The third kappa shape index (κ3) is 3.35. The fourth-order valence-electron chi connectivity index (χ4n) is 1.55. The van der Waals surface area contributed by atoms with Gasteiger partial charge in [-0.25, -0.2) is 0 Å². The van der Waals surface area contributed by atoms with Gasteiger partial charge in [0.15, 0.2) is 11.5 Å². The number of methoxy groups -OCH3 is 1. The molecule has 1 aromatic carbocycles. The molecule has 0 aliphatic heterocycles. The smallest absolute Gasteiger partial charge is 0.257 e. The molecule has 0 fully saturated rings. The molecule has 0 heterocycles. The number of phenols is 2. The van der Waals surface area contributed by atoms with Gasteiger partial charge in [0, 0.05) is 20.7 Å². The van der Waals surface area contributed by atoms with Crippen LogP contribution in [0.3, 0.4) is 0 Å². The Labute approximate surface area is 105 Å². The van der Waals surface area contributed by atoms with Gasteiger partial charge in [-0.15, -0.1) is 0 Å². The van der Waals surface area contributed by atoms with Crippen molar-refractivity contribution in [2.75, 3.05) is 27.3 Å². The SMILES string of the molecule is COCC(O)CN(C)C(=O)c1cccc(O)c1O. The molecule has 0 aliphatic rings. The molecule has 1 aromatic rings. The second-order valence-corrected chi connectivity index (χ2v) is 3.97. The van der Waals surface area contributed by atoms with Gasteiger partial charge in [0.1, 0.15) is 0 Å². The molecule has 18 heavy (non-hydrogen) atoms. The van der Waals surface area contributed by atoms with Crippen molar-refractivity contribution in [2.45, 2.75) is 6.10 Å². The Bertz CT molecular complexity index is 421. The number of amides is 1. The van der Waals surface area contributed by atoms with Crippen LogP contribution in [0.15, 0.2) is 18.2 Å². The number of ether oxygens (including phenoxy) is 1. The van der Waals surface area contributed by atoms with Crippen molar-refractivity contribution in [3.05, 3.63) is 23.8 Å². The average molecular weight is 255 g/mol. The van der Waals surface area contributed by atoms with E-state index in [2.05, 4.69) is 0 Å². The molecule has 0 saturated carbocycles. The molecule has 6 heteroatoms. The molecule has 100 valence electrons. The minimum absolute atomic E-state index is 0.0119. The molecule has 0 saturated heterocycles. The first-order valence-electron chi connectivity index (χ1n) is 5.40. The molecule has 6 nitrogen and oxygen atoms in total. The molecule has 1 rings (SSSR count). The summed E-state index contributed by atoms with van der Waals surface area (Å²) in [5, 5.41) is 28.4. The van der Waals surface area contributed by atoms with Crippen molar-refractivity contribution in [1.82, 2.24) is 4.90 Å². The van der Waals surface area contributed by atoms with E-state index in [9.17, 15) is 20.1 Å². The Morgan fingerprint density at radius 2 is 2.11 bits per heavy atom. The topological polar surface area (TPSA) is 90.2 Å². The first-order valence-corrected chi connectivity index (χ1v) is 5.40. The van der Waals surface area contributed by atoms with E-state index in [0.717, 1.165) is 0 Å². The molecule has 0 spiro atoms. The maximum Gasteiger partial charge on any atom is 0.257 e. The summed E-state index contributed by atoms with van der Waals surface area (Å²) in [5.74, 6) is -1.30. The maximum atomic E-state index is 12.0. The van der Waals surface area contributed by atoms with E-state index >= 15 is 0 Å². The molecule has 0 aromatic heterocycles. The Hall–Kier alpha value is -1.79. The van der Waals surface area contributed by atoms with Crippen LogP contribution in [0.1, 0.15) is 10.4 Å². The highest BCUT2D eigenvalue weighted by atomic mass is 16.5. The lowest BCUT2D eigenvalue weighted by atomic mass is 10.1. The van der Waals surface area contributed by atoms with Crippen molar-refractivity contribution in [1.29, 1.82) is 0 Å². The molecule has 1 amide bonds. The Kier molecular flexibility index (Phi) is 4.94. The highest BCUT2D eigenvalue weighted by molar-refractivity contribution is 5.97. The molecule has 0 aliphatic carbocycles. The number of aliphatic hydroxyl groups is 1. The number of para-hydroxylation sites is 1. The fourth-order valence-corrected chi connectivity index (χ4v) is 1.55. The van der Waals surface area contributed by atoms with Gasteiger partial charge in [-0.1, -0.05) is 6.07 Å². The monoisotopic (exact) mass is 255 g/mol. The number of carbonyl (C=O) groups is 1. The van der Waals surface area contributed by atoms with E-state index in [0.29, 0.717) is 0 Å². The molecule has 3 N–H and O–H groups in total. The lowest BCUT2D eigenvalue weighted by Gasteiger charge is -2.21. The molecule has 1 atom stereocenters. The summed E-state index contributed by atoms with van der Waals surface area (Å²) in [5.41, 5.74) is -0.0119. The highest BCUT2D eigenvalue weighted by Gasteiger charge is 2.19. The predicted molar refractivity (Wildman–Crippen MR) is 64.6 cm³/mol. The minimum Gasteiger partial charge on any atom is -0.504 e. The Morgan fingerprint density at radius 3 is 2.72 bits per heavy atom. The zero-order valence-corrected chi connectivity index (χ0v) is 10.3. The van der Waals surface area contributed by atoms with Crippen molar-refractivity contribution >= 4 is 5.91 Å². The van der Waals surface area contributed by atoms with E-state index in [4.69, 9.17) is 4.74 Å². The van der Waals surface area contributed by atoms with Gasteiger partial charge in [0.05, 0.1) is 18.3 Å². The van der Waals surface area contributed by atoms with Crippen molar-refractivity contribution in [3.63, 3.8) is 0 Å². The van der Waals surface area contributed by atoms with Crippen LogP contribution in [-0.2, 0) is 4.74 Å². The van der Waals surface area contributed by atoms with Crippen LogP contribution < -0.4 is 0 Å². The summed E-state index contributed by atoms with van der Waals surface area (Å²) >= 11 is 0. The molecule has 0 radical (unpaired) electrons. The number of aromatic hydroxyl groups is 2. The van der Waals surface area contributed by atoms with Crippen molar-refractivity contribution in [3.8, 4) is 11.5 Å². The third-order valence-corrected chi connectivity index (χ3v) is 2.44. The summed E-state index contributed by atoms with van der Waals surface area (Å²) in [6, 6.07) is 4.14. The number of hydrogen-bond donors (Lipinski definition) is 3. The quantitative estimate of drug-likeness (QED) is 0.653. The van der Waals surface area contributed by atoms with Crippen molar-refractivity contribution in [2.24, 2.45) is 0 Å². The van der Waals surface area contributed by atoms with E-state index in [1.165, 1.54) is 37.3 Å². The first kappa shape index (κ1) is 14.3. The second kappa shape index (κ2) is 6.23. The zero-order valence-electron chi connectivity index (χ0n) is 10.3. The normalized spacial score (nSPS) is 12.2. The number of nitrogens with zero attached hydrogens (tertiary/aromatic N) is 1. The van der Waals surface area contributed by atoms with Gasteiger partial charge in [-0.2, -0.15) is 0 Å². The fraction of sp³-hybridized carbons (Fsp3) is 0.417. The summed E-state index contributed by atoms with van der Waals surface area (Å²) in [4.78, 5) is 13.2. The predicted octanol–water partition coefficient (Wildman–Crippen LogP) is 0.177. The highest BCUT2D eigenvalue weighted by Crippen LogP contribution is 2.28. The van der Waals surface area contributed by atoms with Crippen LogP contribution >= 0.6 is 0 Å². The number of phenolic OH excluding ortho intramolecular Hbond substituents is 2. The standard InChI is InChI=1S/C12H17NO5/c1-13(6-8(14)7-18-2)12(17)9-4-3-5-10(15)11(9)16/h3-5,8,14-16H,6-7H2,1-2H3. The zero-order chi connectivity index (χ0) is 13.7. The number of aliphatic hydroxyl groups excluding tert-OH is 1. The number of hydrogen-bond acceptors (Lipinski definition) is 5. The molecular weight excluding hydrogens is 238 g/mol. The summed E-state index contributed by atoms with van der Waals surface area (Å²) in [7, 11) is 2.94. The minimum atomic E-state index is -0.802. The van der Waals surface area contributed by atoms with E-state index in [1.807, 2.05) is 0 Å². The Balaban J connectivity index is 2.77. The van der Waals surface area contributed by atoms with Crippen LogP contribution in [0.4, 0.5) is 0 Å². The van der Waals surface area contributed by atoms with Gasteiger partial charge in [0.2, 0.25) is 0 Å². The Morgan fingerprint density at radius 1 is 1.44 bits per heavy atom. The van der Waals surface area contributed by atoms with Crippen LogP contribution in [0, 0.1) is 0 Å². The lowest BCUT2D eigenvalue weighted by Crippen LogP contribution is -2.36. The van der Waals surface area contributed by atoms with E-state index in [1.54, 1.807) is 0 Å². The van der Waals surface area contributed by atoms with Gasteiger partial charge in [0.25, 0.3) is 5.91 Å². The number of rotatable bonds is 5. The largest absolute Gasteiger partial charge is 0.504 e. The number of benzene rings is 1. The summed E-state index contributed by atoms with van der Waals surface area (Å²) in [6.45, 7) is 0.186. The summed E-state index contributed by atoms with van der Waals surface area (Å²) in [6.07, 6.45) is -0.802. The van der Waals surface area contributed by atoms with E-state index in [-0.39, 0.29) is 24.5 Å². The van der Waals surface area contributed by atoms with Crippen LogP contribution in [0.5, 0.6) is 11.5 Å².